The highest BCUT2D eigenvalue weighted by molar-refractivity contribution is 5.03. The van der Waals surface area contributed by atoms with Crippen molar-refractivity contribution in [3.8, 4) is 0 Å². The molecule has 0 aliphatic rings. The molecule has 1 unspecified atom stereocenters. The molecule has 96 valence electrons. The molecule has 1 aromatic rings. The molecule has 0 aliphatic carbocycles. The molecule has 0 saturated carbocycles. The van der Waals surface area contributed by atoms with Gasteiger partial charge < -0.3 is 5.32 Å². The lowest BCUT2D eigenvalue weighted by Crippen LogP contribution is -2.41. The Labute approximate surface area is 105 Å². The van der Waals surface area contributed by atoms with Crippen LogP contribution in [0.1, 0.15) is 32.4 Å². The van der Waals surface area contributed by atoms with Gasteiger partial charge in [0.25, 0.3) is 0 Å². The summed E-state index contributed by atoms with van der Waals surface area (Å²) in [5, 5.41) is 3.29. The molecule has 0 spiro atoms. The van der Waals surface area contributed by atoms with Crippen LogP contribution in [0.2, 0.25) is 0 Å². The van der Waals surface area contributed by atoms with Crippen molar-refractivity contribution in [1.29, 1.82) is 0 Å². The first-order valence-electron chi connectivity index (χ1n) is 6.60. The summed E-state index contributed by atoms with van der Waals surface area (Å²) < 4.78 is 0. The molecule has 1 aromatic heterocycles. The molecule has 1 atom stereocenters. The molecule has 3 nitrogen and oxygen atoms in total. The average molecular weight is 235 g/mol. The minimum Gasteiger partial charge on any atom is -0.318 e. The highest BCUT2D eigenvalue weighted by Gasteiger charge is 2.15. The van der Waals surface area contributed by atoms with Crippen molar-refractivity contribution in [3.05, 3.63) is 30.1 Å². The van der Waals surface area contributed by atoms with Crippen molar-refractivity contribution >= 4 is 0 Å². The first-order valence-corrected chi connectivity index (χ1v) is 6.60. The van der Waals surface area contributed by atoms with Gasteiger partial charge in [-0.25, -0.2) is 0 Å². The van der Waals surface area contributed by atoms with Gasteiger partial charge in [0, 0.05) is 25.3 Å². The average Bonchev–Trinajstić information content (AvgIpc) is 2.37. The van der Waals surface area contributed by atoms with Crippen molar-refractivity contribution in [2.75, 3.05) is 20.1 Å². The Morgan fingerprint density at radius 1 is 1.35 bits per heavy atom. The molecular formula is C14H25N3. The van der Waals surface area contributed by atoms with Crippen molar-refractivity contribution in [2.45, 2.75) is 39.3 Å². The van der Waals surface area contributed by atoms with Crippen LogP contribution in [0.25, 0.3) is 0 Å². The summed E-state index contributed by atoms with van der Waals surface area (Å²) in [6, 6.07) is 6.74. The molecule has 0 aliphatic heterocycles. The minimum atomic E-state index is 0.608. The van der Waals surface area contributed by atoms with E-state index in [1.807, 2.05) is 19.3 Å². The highest BCUT2D eigenvalue weighted by Crippen LogP contribution is 2.10. The van der Waals surface area contributed by atoms with E-state index in [-0.39, 0.29) is 0 Å². The van der Waals surface area contributed by atoms with Crippen molar-refractivity contribution in [2.24, 2.45) is 0 Å². The number of nitrogens with one attached hydrogen (secondary N) is 1. The quantitative estimate of drug-likeness (QED) is 0.749. The van der Waals surface area contributed by atoms with Crippen LogP contribution in [-0.2, 0) is 6.54 Å². The zero-order chi connectivity index (χ0) is 12.5. The number of likely N-dealkylation sites (N-methyl/N-ethyl adjacent to an activating group) is 2. The van der Waals surface area contributed by atoms with Crippen molar-refractivity contribution < 1.29 is 0 Å². The summed E-state index contributed by atoms with van der Waals surface area (Å²) in [5.74, 6) is 0. The summed E-state index contributed by atoms with van der Waals surface area (Å²) in [5.41, 5.74) is 1.16. The maximum atomic E-state index is 4.41. The molecule has 0 radical (unpaired) electrons. The van der Waals surface area contributed by atoms with Gasteiger partial charge in [-0.3, -0.25) is 9.88 Å². The fraction of sp³-hybridized carbons (Fsp3) is 0.643. The Morgan fingerprint density at radius 3 is 2.71 bits per heavy atom. The molecule has 0 fully saturated rings. The second-order valence-electron chi connectivity index (χ2n) is 4.38. The Morgan fingerprint density at radius 2 is 2.18 bits per heavy atom. The zero-order valence-electron chi connectivity index (χ0n) is 11.3. The molecule has 0 bridgehead atoms. The predicted molar refractivity (Wildman–Crippen MR) is 72.9 cm³/mol. The Balaban J connectivity index is 2.61. The number of hydrogen-bond acceptors (Lipinski definition) is 3. The normalized spacial score (nSPS) is 12.9. The third-order valence-corrected chi connectivity index (χ3v) is 3.08. The Bertz CT molecular complexity index is 281. The van der Waals surface area contributed by atoms with Gasteiger partial charge >= 0.3 is 0 Å². The van der Waals surface area contributed by atoms with Crippen LogP contribution in [-0.4, -0.2) is 36.1 Å². The van der Waals surface area contributed by atoms with Crippen LogP contribution in [0.15, 0.2) is 24.4 Å². The van der Waals surface area contributed by atoms with Gasteiger partial charge in [-0.1, -0.05) is 26.3 Å². The minimum absolute atomic E-state index is 0.608. The van der Waals surface area contributed by atoms with E-state index in [1.165, 1.54) is 12.8 Å². The Kier molecular flexibility index (Phi) is 6.82. The van der Waals surface area contributed by atoms with Gasteiger partial charge in [-0.05, 0) is 32.1 Å². The number of hydrogen-bond donors (Lipinski definition) is 1. The molecule has 0 amide bonds. The van der Waals surface area contributed by atoms with E-state index in [0.717, 1.165) is 25.3 Å². The Hall–Kier alpha value is -0.930. The molecule has 0 saturated heterocycles. The maximum Gasteiger partial charge on any atom is 0.0544 e. The summed E-state index contributed by atoms with van der Waals surface area (Å²) in [4.78, 5) is 6.91. The molecular weight excluding hydrogens is 210 g/mol. The second-order valence-corrected chi connectivity index (χ2v) is 4.38. The number of aromatic nitrogens is 1. The number of nitrogens with zero attached hydrogens (tertiary/aromatic N) is 2. The van der Waals surface area contributed by atoms with Crippen LogP contribution in [0, 0.1) is 0 Å². The third-order valence-electron chi connectivity index (χ3n) is 3.08. The fourth-order valence-electron chi connectivity index (χ4n) is 2.18. The van der Waals surface area contributed by atoms with Gasteiger partial charge in [0.05, 0.1) is 5.69 Å². The molecule has 17 heavy (non-hydrogen) atoms. The van der Waals surface area contributed by atoms with Gasteiger partial charge in [0.15, 0.2) is 0 Å². The molecule has 1 rings (SSSR count). The van der Waals surface area contributed by atoms with Crippen molar-refractivity contribution in [1.82, 2.24) is 15.2 Å². The lowest BCUT2D eigenvalue weighted by molar-refractivity contribution is 0.182. The third kappa shape index (κ3) is 4.84. The van der Waals surface area contributed by atoms with Gasteiger partial charge in [-0.15, -0.1) is 0 Å². The van der Waals surface area contributed by atoms with E-state index in [4.69, 9.17) is 0 Å². The van der Waals surface area contributed by atoms with Gasteiger partial charge in [0.2, 0.25) is 0 Å². The number of rotatable bonds is 8. The predicted octanol–water partition coefficient (Wildman–Crippen LogP) is 2.29. The van der Waals surface area contributed by atoms with E-state index in [9.17, 15) is 0 Å². The van der Waals surface area contributed by atoms with Crippen LogP contribution < -0.4 is 5.32 Å². The topological polar surface area (TPSA) is 28.2 Å². The smallest absolute Gasteiger partial charge is 0.0544 e. The summed E-state index contributed by atoms with van der Waals surface area (Å²) in [6.45, 7) is 7.54. The molecule has 1 heterocycles. The van der Waals surface area contributed by atoms with E-state index in [0.29, 0.717) is 6.04 Å². The van der Waals surface area contributed by atoms with Gasteiger partial charge in [-0.2, -0.15) is 0 Å². The van der Waals surface area contributed by atoms with Crippen molar-refractivity contribution in [3.63, 3.8) is 0 Å². The van der Waals surface area contributed by atoms with E-state index < -0.39 is 0 Å². The largest absolute Gasteiger partial charge is 0.318 e. The van der Waals surface area contributed by atoms with E-state index in [1.54, 1.807) is 0 Å². The SMILES string of the molecule is CCCC(CNC)N(CC)Cc1ccccn1. The van der Waals surface area contributed by atoms with Crippen LogP contribution in [0.3, 0.4) is 0 Å². The first-order chi connectivity index (χ1) is 8.31. The standard InChI is InChI=1S/C14H25N3/c1-4-8-14(11-15-3)17(5-2)12-13-9-6-7-10-16-13/h6-7,9-10,14-15H,4-5,8,11-12H2,1-3H3. The second kappa shape index (κ2) is 8.20. The van der Waals surface area contributed by atoms with Crippen LogP contribution in [0.5, 0.6) is 0 Å². The zero-order valence-corrected chi connectivity index (χ0v) is 11.3. The summed E-state index contributed by atoms with van der Waals surface area (Å²) >= 11 is 0. The summed E-state index contributed by atoms with van der Waals surface area (Å²) in [7, 11) is 2.03. The van der Waals surface area contributed by atoms with E-state index in [2.05, 4.69) is 41.2 Å². The van der Waals surface area contributed by atoms with Crippen LogP contribution >= 0.6 is 0 Å². The number of pyridine rings is 1. The molecule has 1 N–H and O–H groups in total. The molecule has 3 heteroatoms. The van der Waals surface area contributed by atoms with E-state index >= 15 is 0 Å². The monoisotopic (exact) mass is 235 g/mol. The lowest BCUT2D eigenvalue weighted by Gasteiger charge is -2.30. The van der Waals surface area contributed by atoms with Gasteiger partial charge in [0.1, 0.15) is 0 Å². The molecule has 0 aromatic carbocycles. The highest BCUT2D eigenvalue weighted by atomic mass is 15.2. The maximum absolute atomic E-state index is 4.41. The van der Waals surface area contributed by atoms with Crippen LogP contribution in [0.4, 0.5) is 0 Å². The first kappa shape index (κ1) is 14.1. The summed E-state index contributed by atoms with van der Waals surface area (Å²) in [6.07, 6.45) is 4.34. The fourth-order valence-corrected chi connectivity index (χ4v) is 2.18. The lowest BCUT2D eigenvalue weighted by atomic mass is 10.1.